The molecule has 2 aromatic carbocycles. The van der Waals surface area contributed by atoms with E-state index in [-0.39, 0.29) is 6.03 Å². The van der Waals surface area contributed by atoms with Crippen LogP contribution in [0.1, 0.15) is 17.0 Å². The van der Waals surface area contributed by atoms with E-state index in [9.17, 15) is 4.79 Å². The molecule has 0 aliphatic rings. The second-order valence-corrected chi connectivity index (χ2v) is 6.59. The van der Waals surface area contributed by atoms with Crippen molar-refractivity contribution in [3.8, 4) is 5.69 Å². The van der Waals surface area contributed by atoms with Gasteiger partial charge < -0.3 is 10.6 Å². The number of urea groups is 1. The predicted octanol–water partition coefficient (Wildman–Crippen LogP) is 5.12. The molecular formula is C19H18Cl2N4O. The van der Waals surface area contributed by atoms with Crippen LogP contribution >= 0.6 is 23.2 Å². The molecule has 0 spiro atoms. The zero-order valence-electron chi connectivity index (χ0n) is 14.4. The third-order valence-corrected chi connectivity index (χ3v) is 4.89. The van der Waals surface area contributed by atoms with Gasteiger partial charge in [-0.3, -0.25) is 0 Å². The number of aromatic nitrogens is 2. The number of rotatable bonds is 4. The number of nitrogens with zero attached hydrogens (tertiary/aromatic N) is 2. The Bertz CT molecular complexity index is 938. The smallest absolute Gasteiger partial charge is 0.319 e. The van der Waals surface area contributed by atoms with Gasteiger partial charge in [-0.1, -0.05) is 47.5 Å². The standard InChI is InChI=1S/C19H18Cl2N4O/c1-12-15(13(2)25(24-12)14-7-4-3-5-8-14)11-22-19(26)23-17-10-6-9-16(20)18(17)21/h3-10H,11H2,1-2H3,(H2,22,23,26). The van der Waals surface area contributed by atoms with Crippen LogP contribution in [-0.4, -0.2) is 15.8 Å². The van der Waals surface area contributed by atoms with Crippen LogP contribution in [-0.2, 0) is 6.54 Å². The van der Waals surface area contributed by atoms with Crippen LogP contribution in [0, 0.1) is 13.8 Å². The van der Waals surface area contributed by atoms with Crippen LogP contribution in [0.15, 0.2) is 48.5 Å². The molecule has 0 radical (unpaired) electrons. The highest BCUT2D eigenvalue weighted by Crippen LogP contribution is 2.29. The summed E-state index contributed by atoms with van der Waals surface area (Å²) in [4.78, 5) is 12.2. The SMILES string of the molecule is Cc1nn(-c2ccccc2)c(C)c1CNC(=O)Nc1cccc(Cl)c1Cl. The van der Waals surface area contributed by atoms with Crippen LogP contribution < -0.4 is 10.6 Å². The maximum Gasteiger partial charge on any atom is 0.319 e. The monoisotopic (exact) mass is 388 g/mol. The van der Waals surface area contributed by atoms with E-state index in [0.717, 1.165) is 22.6 Å². The number of hydrogen-bond acceptors (Lipinski definition) is 2. The Hall–Kier alpha value is -2.50. The van der Waals surface area contributed by atoms with E-state index in [0.29, 0.717) is 22.3 Å². The fourth-order valence-electron chi connectivity index (χ4n) is 2.69. The number of nitrogens with one attached hydrogen (secondary N) is 2. The summed E-state index contributed by atoms with van der Waals surface area (Å²) in [7, 11) is 0. The molecule has 1 aromatic heterocycles. The van der Waals surface area contributed by atoms with E-state index in [1.54, 1.807) is 18.2 Å². The number of carbonyl (C=O) groups excluding carboxylic acids is 1. The van der Waals surface area contributed by atoms with Crippen molar-refractivity contribution >= 4 is 34.9 Å². The lowest BCUT2D eigenvalue weighted by Gasteiger charge is -2.10. The molecule has 2 N–H and O–H groups in total. The Morgan fingerprint density at radius 3 is 2.54 bits per heavy atom. The van der Waals surface area contributed by atoms with Crippen LogP contribution in [0.5, 0.6) is 0 Å². The van der Waals surface area contributed by atoms with E-state index in [4.69, 9.17) is 23.2 Å². The molecule has 0 atom stereocenters. The van der Waals surface area contributed by atoms with E-state index in [1.165, 1.54) is 0 Å². The Kier molecular flexibility index (Phi) is 5.49. The number of para-hydroxylation sites is 1. The van der Waals surface area contributed by atoms with Gasteiger partial charge in [-0.05, 0) is 38.1 Å². The summed E-state index contributed by atoms with van der Waals surface area (Å²) in [6, 6.07) is 14.6. The van der Waals surface area contributed by atoms with Gasteiger partial charge in [0.05, 0.1) is 27.1 Å². The summed E-state index contributed by atoms with van der Waals surface area (Å²) < 4.78 is 1.87. The number of benzene rings is 2. The quantitative estimate of drug-likeness (QED) is 0.651. The van der Waals surface area contributed by atoms with Crippen molar-refractivity contribution in [2.45, 2.75) is 20.4 Å². The van der Waals surface area contributed by atoms with Crippen molar-refractivity contribution in [3.05, 3.63) is 75.5 Å². The fourth-order valence-corrected chi connectivity index (χ4v) is 3.03. The summed E-state index contributed by atoms with van der Waals surface area (Å²) in [6.45, 7) is 4.26. The molecule has 7 heteroatoms. The molecule has 0 fully saturated rings. The van der Waals surface area contributed by atoms with Crippen LogP contribution in [0.3, 0.4) is 0 Å². The summed E-state index contributed by atoms with van der Waals surface area (Å²) in [5.74, 6) is 0. The first-order valence-corrected chi connectivity index (χ1v) is 8.82. The number of hydrogen-bond donors (Lipinski definition) is 2. The predicted molar refractivity (Wildman–Crippen MR) is 105 cm³/mol. The number of aryl methyl sites for hydroxylation is 1. The van der Waals surface area contributed by atoms with Gasteiger partial charge in [-0.15, -0.1) is 0 Å². The first-order chi connectivity index (χ1) is 12.5. The van der Waals surface area contributed by atoms with Crippen LogP contribution in [0.25, 0.3) is 5.69 Å². The minimum absolute atomic E-state index is 0.313. The highest BCUT2D eigenvalue weighted by molar-refractivity contribution is 6.43. The Morgan fingerprint density at radius 1 is 1.08 bits per heavy atom. The van der Waals surface area contributed by atoms with Crippen LogP contribution in [0.4, 0.5) is 10.5 Å². The molecule has 0 saturated carbocycles. The Labute approximate surface area is 161 Å². The topological polar surface area (TPSA) is 59.0 Å². The molecule has 134 valence electrons. The van der Waals surface area contributed by atoms with Crippen LogP contribution in [0.2, 0.25) is 10.0 Å². The number of amides is 2. The summed E-state index contributed by atoms with van der Waals surface area (Å²) in [5.41, 5.74) is 4.27. The molecule has 0 aliphatic heterocycles. The molecule has 3 aromatic rings. The Balaban J connectivity index is 1.71. The van der Waals surface area contributed by atoms with Crippen molar-refractivity contribution < 1.29 is 4.79 Å². The van der Waals surface area contributed by atoms with Crippen molar-refractivity contribution in [1.29, 1.82) is 0 Å². The zero-order chi connectivity index (χ0) is 18.7. The maximum absolute atomic E-state index is 12.2. The highest BCUT2D eigenvalue weighted by atomic mass is 35.5. The van der Waals surface area contributed by atoms with Gasteiger partial charge in [0.1, 0.15) is 0 Å². The van der Waals surface area contributed by atoms with Gasteiger partial charge in [0.2, 0.25) is 0 Å². The summed E-state index contributed by atoms with van der Waals surface area (Å²) in [6.07, 6.45) is 0. The van der Waals surface area contributed by atoms with Gasteiger partial charge >= 0.3 is 6.03 Å². The maximum atomic E-state index is 12.2. The minimum atomic E-state index is -0.361. The second-order valence-electron chi connectivity index (χ2n) is 5.81. The zero-order valence-corrected chi connectivity index (χ0v) is 15.9. The van der Waals surface area contributed by atoms with E-state index >= 15 is 0 Å². The second kappa shape index (κ2) is 7.81. The molecule has 2 amide bonds. The molecule has 1 heterocycles. The normalized spacial score (nSPS) is 10.6. The van der Waals surface area contributed by atoms with Gasteiger partial charge in [-0.25, -0.2) is 9.48 Å². The van der Waals surface area contributed by atoms with E-state index in [1.807, 2.05) is 48.9 Å². The lowest BCUT2D eigenvalue weighted by Crippen LogP contribution is -2.28. The number of anilines is 1. The molecule has 26 heavy (non-hydrogen) atoms. The van der Waals surface area contributed by atoms with Gasteiger partial charge in [0.15, 0.2) is 0 Å². The molecule has 0 unspecified atom stereocenters. The number of carbonyl (C=O) groups is 1. The van der Waals surface area contributed by atoms with E-state index in [2.05, 4.69) is 15.7 Å². The highest BCUT2D eigenvalue weighted by Gasteiger charge is 2.14. The molecular weight excluding hydrogens is 371 g/mol. The lowest BCUT2D eigenvalue weighted by atomic mass is 10.2. The van der Waals surface area contributed by atoms with Crippen molar-refractivity contribution in [1.82, 2.24) is 15.1 Å². The average Bonchev–Trinajstić information content (AvgIpc) is 2.92. The molecule has 3 rings (SSSR count). The molecule has 0 saturated heterocycles. The van der Waals surface area contributed by atoms with Crippen molar-refractivity contribution in [2.75, 3.05) is 5.32 Å². The lowest BCUT2D eigenvalue weighted by molar-refractivity contribution is 0.251. The van der Waals surface area contributed by atoms with Gasteiger partial charge in [-0.2, -0.15) is 5.10 Å². The van der Waals surface area contributed by atoms with Gasteiger partial charge in [0, 0.05) is 17.8 Å². The number of halogens is 2. The molecule has 5 nitrogen and oxygen atoms in total. The summed E-state index contributed by atoms with van der Waals surface area (Å²) >= 11 is 12.0. The molecule has 0 aliphatic carbocycles. The summed E-state index contributed by atoms with van der Waals surface area (Å²) in [5, 5.41) is 10.8. The first kappa shape index (κ1) is 18.3. The third-order valence-electron chi connectivity index (χ3n) is 4.07. The average molecular weight is 389 g/mol. The minimum Gasteiger partial charge on any atom is -0.334 e. The third kappa shape index (κ3) is 3.84. The first-order valence-electron chi connectivity index (χ1n) is 8.06. The van der Waals surface area contributed by atoms with Crippen molar-refractivity contribution in [2.24, 2.45) is 0 Å². The van der Waals surface area contributed by atoms with Crippen molar-refractivity contribution in [3.63, 3.8) is 0 Å². The largest absolute Gasteiger partial charge is 0.334 e. The van der Waals surface area contributed by atoms with E-state index < -0.39 is 0 Å². The van der Waals surface area contributed by atoms with Gasteiger partial charge in [0.25, 0.3) is 0 Å². The molecule has 0 bridgehead atoms. The fraction of sp³-hybridized carbons (Fsp3) is 0.158. The Morgan fingerprint density at radius 2 is 1.81 bits per heavy atom.